The molecular formula is C27H27NO4. The van der Waals surface area contributed by atoms with E-state index in [4.69, 9.17) is 15.6 Å². The molecule has 3 aliphatic rings. The SMILES string of the molecule is [3H][C@@H]1O[C@@]2(CNC(c3ccccc3)(c3ccccc3)c3ccc(OC)cc3)CC3(O)O[C@H]1C32. The van der Waals surface area contributed by atoms with Crippen molar-refractivity contribution in [3.8, 4) is 5.75 Å². The van der Waals surface area contributed by atoms with Gasteiger partial charge in [-0.05, 0) is 28.8 Å². The number of hydrogen-bond acceptors (Lipinski definition) is 5. The second-order valence-electron chi connectivity index (χ2n) is 8.96. The Morgan fingerprint density at radius 2 is 1.59 bits per heavy atom. The van der Waals surface area contributed by atoms with Crippen molar-refractivity contribution < 1.29 is 20.7 Å². The van der Waals surface area contributed by atoms with Crippen LogP contribution in [0.1, 0.15) is 24.5 Å². The van der Waals surface area contributed by atoms with Gasteiger partial charge in [-0.25, -0.2) is 0 Å². The average Bonchev–Trinajstić information content (AvgIpc) is 2.95. The maximum Gasteiger partial charge on any atom is 0.177 e. The summed E-state index contributed by atoms with van der Waals surface area (Å²) in [4.78, 5) is 0. The zero-order chi connectivity index (χ0) is 22.7. The van der Waals surface area contributed by atoms with Crippen molar-refractivity contribution in [2.45, 2.75) is 29.5 Å². The van der Waals surface area contributed by atoms with Crippen molar-refractivity contribution >= 4 is 0 Å². The minimum Gasteiger partial charge on any atom is -0.497 e. The fourth-order valence-electron chi connectivity index (χ4n) is 5.77. The minimum absolute atomic E-state index is 0.180. The summed E-state index contributed by atoms with van der Waals surface area (Å²) in [5.41, 5.74) is 1.96. The Morgan fingerprint density at radius 1 is 1.00 bits per heavy atom. The van der Waals surface area contributed by atoms with E-state index in [9.17, 15) is 5.11 Å². The van der Waals surface area contributed by atoms with Crippen LogP contribution < -0.4 is 10.1 Å². The zero-order valence-corrected chi connectivity index (χ0v) is 17.9. The first-order valence-corrected chi connectivity index (χ1v) is 11.0. The summed E-state index contributed by atoms with van der Waals surface area (Å²) in [5, 5.41) is 14.5. The molecule has 2 heterocycles. The van der Waals surface area contributed by atoms with Gasteiger partial charge in [0.25, 0.3) is 0 Å². The lowest BCUT2D eigenvalue weighted by atomic mass is 9.59. The summed E-state index contributed by atoms with van der Waals surface area (Å²) in [6.45, 7) is -0.297. The molecule has 1 aliphatic carbocycles. The molecule has 0 amide bonds. The van der Waals surface area contributed by atoms with E-state index in [2.05, 4.69) is 41.7 Å². The van der Waals surface area contributed by atoms with Crippen LogP contribution in [0.2, 0.25) is 0 Å². The molecule has 0 aromatic heterocycles. The van der Waals surface area contributed by atoms with Gasteiger partial charge in [0.2, 0.25) is 0 Å². The first-order valence-electron chi connectivity index (χ1n) is 11.6. The van der Waals surface area contributed by atoms with E-state index in [0.29, 0.717) is 13.0 Å². The van der Waals surface area contributed by atoms with E-state index < -0.39 is 23.5 Å². The Labute approximate surface area is 189 Å². The van der Waals surface area contributed by atoms with Crippen molar-refractivity contribution in [1.29, 1.82) is 0 Å². The largest absolute Gasteiger partial charge is 0.497 e. The second-order valence-corrected chi connectivity index (χ2v) is 8.96. The Bertz CT molecular complexity index is 1100. The van der Waals surface area contributed by atoms with Gasteiger partial charge in [-0.3, -0.25) is 5.32 Å². The molecule has 3 aromatic carbocycles. The predicted octanol–water partition coefficient (Wildman–Crippen LogP) is 3.45. The summed E-state index contributed by atoms with van der Waals surface area (Å²) in [7, 11) is 1.66. The third-order valence-corrected chi connectivity index (χ3v) is 7.30. The summed E-state index contributed by atoms with van der Waals surface area (Å²) in [6.07, 6.45) is 0.000575. The third-order valence-electron chi connectivity index (χ3n) is 7.30. The molecule has 2 aliphatic heterocycles. The highest BCUT2D eigenvalue weighted by Crippen LogP contribution is 2.64. The molecule has 5 heteroatoms. The Morgan fingerprint density at radius 3 is 2.16 bits per heavy atom. The van der Waals surface area contributed by atoms with Crippen LogP contribution in [0.15, 0.2) is 84.9 Å². The van der Waals surface area contributed by atoms with Crippen molar-refractivity contribution in [3.63, 3.8) is 0 Å². The van der Waals surface area contributed by atoms with Crippen LogP contribution in [0.5, 0.6) is 5.75 Å². The van der Waals surface area contributed by atoms with Gasteiger partial charge in [-0.2, -0.15) is 0 Å². The van der Waals surface area contributed by atoms with Crippen LogP contribution in [0, 0.1) is 5.92 Å². The molecule has 5 nitrogen and oxygen atoms in total. The standard InChI is InChI=1S/C27H27NO4/c1-30-22-14-12-21(13-15-22)27(19-8-4-2-5-9-19,20-10-6-3-7-11-20)28-18-25-17-26(29)24(25)23(32-26)16-31-25/h2-15,23-24,28-29H,16-18H2,1H3/t23-,24?,25-,26?/m1/s1/i16T/t16-,23+,24?,25+,26?/m0. The number of methoxy groups -OCH3 is 1. The van der Waals surface area contributed by atoms with E-state index in [1.165, 1.54) is 0 Å². The summed E-state index contributed by atoms with van der Waals surface area (Å²) < 4.78 is 25.3. The highest BCUT2D eigenvalue weighted by Gasteiger charge is 2.78. The first kappa shape index (κ1) is 18.8. The minimum atomic E-state index is -1.15. The van der Waals surface area contributed by atoms with Crippen molar-refractivity contribution in [2.24, 2.45) is 5.92 Å². The lowest BCUT2D eigenvalue weighted by Crippen LogP contribution is -2.78. The summed E-state index contributed by atoms with van der Waals surface area (Å²) in [5.74, 6) is -0.535. The van der Waals surface area contributed by atoms with Gasteiger partial charge in [0.15, 0.2) is 5.79 Å². The molecule has 5 atom stereocenters. The molecule has 32 heavy (non-hydrogen) atoms. The molecule has 0 radical (unpaired) electrons. The van der Waals surface area contributed by atoms with Crippen LogP contribution in [-0.2, 0) is 15.0 Å². The van der Waals surface area contributed by atoms with Crippen molar-refractivity contribution in [2.75, 3.05) is 20.2 Å². The maximum atomic E-state index is 10.6. The topological polar surface area (TPSA) is 60.0 Å². The van der Waals surface area contributed by atoms with Gasteiger partial charge in [-0.1, -0.05) is 72.8 Å². The van der Waals surface area contributed by atoms with Crippen LogP contribution >= 0.6 is 0 Å². The lowest BCUT2D eigenvalue weighted by Gasteiger charge is -2.63. The van der Waals surface area contributed by atoms with Crippen molar-refractivity contribution in [3.05, 3.63) is 102 Å². The Balaban J connectivity index is 1.46. The zero-order valence-electron chi connectivity index (χ0n) is 18.9. The first-order chi connectivity index (χ1) is 16.0. The molecule has 1 saturated carbocycles. The van der Waals surface area contributed by atoms with E-state index in [1.54, 1.807) is 7.11 Å². The third kappa shape index (κ3) is 2.72. The molecule has 3 aromatic rings. The van der Waals surface area contributed by atoms with Gasteiger partial charge >= 0.3 is 0 Å². The fraction of sp³-hybridized carbons (Fsp3) is 0.333. The number of aliphatic hydroxyl groups is 1. The van der Waals surface area contributed by atoms with Crippen LogP contribution in [0.4, 0.5) is 0 Å². The van der Waals surface area contributed by atoms with Gasteiger partial charge in [0.05, 0.1) is 38.2 Å². The van der Waals surface area contributed by atoms with Gasteiger partial charge < -0.3 is 19.3 Å². The number of hydrogen-bond donors (Lipinski definition) is 2. The number of benzene rings is 3. The number of ether oxygens (including phenoxy) is 3. The highest BCUT2D eigenvalue weighted by molar-refractivity contribution is 5.50. The average molecular weight is 432 g/mol. The molecule has 3 fully saturated rings. The Hall–Kier alpha value is -2.70. The van der Waals surface area contributed by atoms with E-state index >= 15 is 0 Å². The second kappa shape index (κ2) is 7.15. The molecule has 0 spiro atoms. The smallest absolute Gasteiger partial charge is 0.177 e. The lowest BCUT2D eigenvalue weighted by molar-refractivity contribution is -0.428. The predicted molar refractivity (Wildman–Crippen MR) is 120 cm³/mol. The quantitative estimate of drug-likeness (QED) is 0.561. The molecule has 0 bridgehead atoms. The van der Waals surface area contributed by atoms with Crippen LogP contribution in [-0.4, -0.2) is 42.8 Å². The van der Waals surface area contributed by atoms with E-state index in [1.807, 2.05) is 48.5 Å². The van der Waals surface area contributed by atoms with E-state index in [-0.39, 0.29) is 12.0 Å². The highest BCUT2D eigenvalue weighted by atomic mass is 16.7. The number of nitrogens with one attached hydrogen (secondary N) is 1. The van der Waals surface area contributed by atoms with E-state index in [0.717, 1.165) is 22.4 Å². The Kier molecular flexibility index (Phi) is 4.21. The van der Waals surface area contributed by atoms with Crippen molar-refractivity contribution in [1.82, 2.24) is 5.32 Å². The summed E-state index contributed by atoms with van der Waals surface area (Å²) in [6, 6.07) is 28.8. The maximum absolute atomic E-state index is 10.6. The van der Waals surface area contributed by atoms with Crippen LogP contribution in [0.3, 0.4) is 0 Å². The monoisotopic (exact) mass is 431 g/mol. The van der Waals surface area contributed by atoms with Gasteiger partial charge in [0, 0.05) is 13.0 Å². The molecule has 6 rings (SSSR count). The number of rotatable bonds is 7. The molecule has 2 N–H and O–H groups in total. The van der Waals surface area contributed by atoms with Gasteiger partial charge in [-0.15, -0.1) is 0 Å². The molecule has 2 saturated heterocycles. The van der Waals surface area contributed by atoms with Gasteiger partial charge in [0.1, 0.15) is 5.75 Å². The molecule has 2 unspecified atom stereocenters. The fourth-order valence-corrected chi connectivity index (χ4v) is 5.77. The molecular weight excluding hydrogens is 402 g/mol. The normalized spacial score (nSPS) is 32.9. The molecule has 164 valence electrons. The summed E-state index contributed by atoms with van der Waals surface area (Å²) >= 11 is 0. The van der Waals surface area contributed by atoms with Crippen LogP contribution in [0.25, 0.3) is 0 Å².